The topological polar surface area (TPSA) is 25.8 Å². The van der Waals surface area contributed by atoms with E-state index in [0.29, 0.717) is 5.03 Å². The van der Waals surface area contributed by atoms with E-state index < -0.39 is 6.08 Å². The fourth-order valence-corrected chi connectivity index (χ4v) is 1.39. The zero-order valence-electron chi connectivity index (χ0n) is 6.75. The molecule has 0 saturated heterocycles. The van der Waals surface area contributed by atoms with E-state index in [4.69, 9.17) is 0 Å². The molecule has 1 heterocycles. The van der Waals surface area contributed by atoms with Crippen molar-refractivity contribution in [1.82, 2.24) is 9.97 Å². The number of thioether (sulfide) groups is 1. The van der Waals surface area contributed by atoms with Crippen molar-refractivity contribution in [1.29, 1.82) is 0 Å². The van der Waals surface area contributed by atoms with E-state index in [1.54, 1.807) is 6.08 Å². The Morgan fingerprint density at radius 3 is 3.17 bits per heavy atom. The fraction of sp³-hybridized carbons (Fsp3) is 0.250. The number of halogens is 1. The summed E-state index contributed by atoms with van der Waals surface area (Å²) in [5.74, 6) is 0.733. The van der Waals surface area contributed by atoms with Crippen molar-refractivity contribution in [2.24, 2.45) is 0 Å². The van der Waals surface area contributed by atoms with Crippen LogP contribution in [-0.4, -0.2) is 15.7 Å². The van der Waals surface area contributed by atoms with Gasteiger partial charge in [0, 0.05) is 11.9 Å². The molecule has 1 aromatic rings. The predicted molar refractivity (Wildman–Crippen MR) is 47.6 cm³/mol. The maximum Gasteiger partial charge on any atom is 0.309 e. The van der Waals surface area contributed by atoms with Crippen molar-refractivity contribution in [3.8, 4) is 0 Å². The van der Waals surface area contributed by atoms with Gasteiger partial charge in [-0.1, -0.05) is 6.08 Å². The SMILES string of the molecule is C=CCSc1nc(F)ncc1C. The Hall–Kier alpha value is -0.900. The van der Waals surface area contributed by atoms with Crippen LogP contribution < -0.4 is 0 Å². The van der Waals surface area contributed by atoms with Crippen LogP contribution in [0.25, 0.3) is 0 Å². The van der Waals surface area contributed by atoms with Gasteiger partial charge < -0.3 is 0 Å². The van der Waals surface area contributed by atoms with Gasteiger partial charge in [0.1, 0.15) is 5.03 Å². The molecule has 0 N–H and O–H groups in total. The van der Waals surface area contributed by atoms with Crippen LogP contribution in [0.15, 0.2) is 23.9 Å². The number of hydrogen-bond acceptors (Lipinski definition) is 3. The lowest BCUT2D eigenvalue weighted by Gasteiger charge is -2.00. The molecule has 0 atom stereocenters. The first kappa shape index (κ1) is 9.19. The molecular weight excluding hydrogens is 175 g/mol. The summed E-state index contributed by atoms with van der Waals surface area (Å²) in [7, 11) is 0. The molecule has 0 spiro atoms. The van der Waals surface area contributed by atoms with Crippen molar-refractivity contribution in [3.63, 3.8) is 0 Å². The zero-order chi connectivity index (χ0) is 8.97. The molecule has 12 heavy (non-hydrogen) atoms. The highest BCUT2D eigenvalue weighted by Crippen LogP contribution is 2.18. The monoisotopic (exact) mass is 184 g/mol. The van der Waals surface area contributed by atoms with Gasteiger partial charge >= 0.3 is 6.08 Å². The van der Waals surface area contributed by atoms with E-state index in [1.165, 1.54) is 18.0 Å². The van der Waals surface area contributed by atoms with Gasteiger partial charge in [-0.05, 0) is 12.5 Å². The standard InChI is InChI=1S/C8H9FN2S/c1-3-4-12-7-6(2)5-10-8(9)11-7/h3,5H,1,4H2,2H3. The predicted octanol–water partition coefficient (Wildman–Crippen LogP) is 2.20. The van der Waals surface area contributed by atoms with Gasteiger partial charge in [-0.2, -0.15) is 9.37 Å². The summed E-state index contributed by atoms with van der Waals surface area (Å²) >= 11 is 1.45. The van der Waals surface area contributed by atoms with Gasteiger partial charge in [0.15, 0.2) is 0 Å². The summed E-state index contributed by atoms with van der Waals surface area (Å²) < 4.78 is 12.5. The summed E-state index contributed by atoms with van der Waals surface area (Å²) in [6.07, 6.45) is 2.56. The average molecular weight is 184 g/mol. The number of aromatic nitrogens is 2. The first-order chi connectivity index (χ1) is 5.74. The summed E-state index contributed by atoms with van der Waals surface area (Å²) in [6.45, 7) is 5.42. The molecule has 0 amide bonds. The molecule has 1 rings (SSSR count). The van der Waals surface area contributed by atoms with Crippen LogP contribution in [0.2, 0.25) is 0 Å². The lowest BCUT2D eigenvalue weighted by atomic mass is 10.4. The van der Waals surface area contributed by atoms with Crippen molar-refractivity contribution in [2.75, 3.05) is 5.75 Å². The van der Waals surface area contributed by atoms with E-state index in [1.807, 2.05) is 6.92 Å². The minimum atomic E-state index is -0.674. The van der Waals surface area contributed by atoms with Gasteiger partial charge in [0.05, 0.1) is 0 Å². The smallest absolute Gasteiger partial charge is 0.210 e. The van der Waals surface area contributed by atoms with Crippen molar-refractivity contribution in [3.05, 3.63) is 30.5 Å². The second-order valence-electron chi connectivity index (χ2n) is 2.23. The second kappa shape index (κ2) is 4.21. The van der Waals surface area contributed by atoms with Gasteiger partial charge in [-0.3, -0.25) is 0 Å². The molecule has 0 aliphatic heterocycles. The van der Waals surface area contributed by atoms with Crippen molar-refractivity contribution < 1.29 is 4.39 Å². The minimum Gasteiger partial charge on any atom is -0.210 e. The molecule has 1 aromatic heterocycles. The van der Waals surface area contributed by atoms with Gasteiger partial charge in [-0.25, -0.2) is 4.98 Å². The first-order valence-corrected chi connectivity index (χ1v) is 4.45. The van der Waals surface area contributed by atoms with E-state index >= 15 is 0 Å². The zero-order valence-corrected chi connectivity index (χ0v) is 7.57. The Morgan fingerprint density at radius 2 is 2.50 bits per heavy atom. The van der Waals surface area contributed by atoms with Gasteiger partial charge in [-0.15, -0.1) is 18.3 Å². The minimum absolute atomic E-state index is 0.674. The van der Waals surface area contributed by atoms with Crippen LogP contribution in [0, 0.1) is 13.0 Å². The maximum absolute atomic E-state index is 12.5. The molecule has 0 unspecified atom stereocenters. The van der Waals surface area contributed by atoms with Crippen LogP contribution in [0.1, 0.15) is 5.56 Å². The lowest BCUT2D eigenvalue weighted by molar-refractivity contribution is 0.525. The Labute approximate surface area is 74.9 Å². The van der Waals surface area contributed by atoms with Crippen molar-refractivity contribution >= 4 is 11.8 Å². The van der Waals surface area contributed by atoms with Crippen LogP contribution in [0.5, 0.6) is 0 Å². The third-order valence-corrected chi connectivity index (χ3v) is 2.32. The molecule has 0 fully saturated rings. The molecule has 4 heteroatoms. The van der Waals surface area contributed by atoms with Crippen LogP contribution >= 0.6 is 11.8 Å². The Bertz CT molecular complexity index is 288. The number of hydrogen-bond donors (Lipinski definition) is 0. The van der Waals surface area contributed by atoms with Crippen LogP contribution in [0.4, 0.5) is 4.39 Å². The highest BCUT2D eigenvalue weighted by molar-refractivity contribution is 7.99. The third kappa shape index (κ3) is 2.30. The molecule has 0 aromatic carbocycles. The Balaban J connectivity index is 2.82. The molecule has 64 valence electrons. The molecule has 0 bridgehead atoms. The molecule has 0 saturated carbocycles. The molecule has 0 radical (unpaired) electrons. The normalized spacial score (nSPS) is 9.83. The molecule has 0 aliphatic carbocycles. The second-order valence-corrected chi connectivity index (χ2v) is 3.24. The highest BCUT2D eigenvalue weighted by atomic mass is 32.2. The quantitative estimate of drug-likeness (QED) is 0.312. The van der Waals surface area contributed by atoms with E-state index in [9.17, 15) is 4.39 Å². The van der Waals surface area contributed by atoms with Gasteiger partial charge in [0.2, 0.25) is 0 Å². The fourth-order valence-electron chi connectivity index (χ4n) is 0.690. The third-order valence-electron chi connectivity index (χ3n) is 1.23. The molecular formula is C8H9FN2S. The number of rotatable bonds is 3. The number of nitrogens with zero attached hydrogens (tertiary/aromatic N) is 2. The lowest BCUT2D eigenvalue weighted by Crippen LogP contribution is -1.93. The summed E-state index contributed by atoms with van der Waals surface area (Å²) in [5, 5.41) is 0.683. The summed E-state index contributed by atoms with van der Waals surface area (Å²) in [4.78, 5) is 7.08. The van der Waals surface area contributed by atoms with E-state index in [2.05, 4.69) is 16.5 Å². The van der Waals surface area contributed by atoms with E-state index in [-0.39, 0.29) is 0 Å². The van der Waals surface area contributed by atoms with Crippen molar-refractivity contribution in [2.45, 2.75) is 11.9 Å². The number of aryl methyl sites for hydroxylation is 1. The Morgan fingerprint density at radius 1 is 1.75 bits per heavy atom. The van der Waals surface area contributed by atoms with Gasteiger partial charge in [0.25, 0.3) is 0 Å². The molecule has 2 nitrogen and oxygen atoms in total. The average Bonchev–Trinajstić information content (AvgIpc) is 2.07. The maximum atomic E-state index is 12.5. The highest BCUT2D eigenvalue weighted by Gasteiger charge is 2.01. The summed E-state index contributed by atoms with van der Waals surface area (Å²) in [5.41, 5.74) is 0.892. The Kier molecular flexibility index (Phi) is 3.22. The molecule has 0 aliphatic rings. The van der Waals surface area contributed by atoms with E-state index in [0.717, 1.165) is 11.3 Å². The summed E-state index contributed by atoms with van der Waals surface area (Å²) in [6, 6.07) is 0. The van der Waals surface area contributed by atoms with Crippen LogP contribution in [-0.2, 0) is 0 Å². The van der Waals surface area contributed by atoms with Crippen LogP contribution in [0.3, 0.4) is 0 Å². The largest absolute Gasteiger partial charge is 0.309 e. The first-order valence-electron chi connectivity index (χ1n) is 3.47.